The third-order valence-corrected chi connectivity index (χ3v) is 3.35. The topological polar surface area (TPSA) is 47.3 Å². The van der Waals surface area contributed by atoms with Crippen LogP contribution in [0.15, 0.2) is 27.3 Å². The molecule has 1 N–H and O–H groups in total. The van der Waals surface area contributed by atoms with Crippen LogP contribution in [0.2, 0.25) is 5.02 Å². The Morgan fingerprint density at radius 2 is 2.30 bits per heavy atom. The molecule has 2 rings (SSSR count). The molecule has 0 saturated heterocycles. The van der Waals surface area contributed by atoms with Crippen LogP contribution in [0.3, 0.4) is 0 Å². The van der Waals surface area contributed by atoms with Gasteiger partial charge < -0.3 is 14.5 Å². The molecule has 1 heterocycles. The lowest BCUT2D eigenvalue weighted by atomic mass is 10.3. The maximum atomic E-state index is 13.4. The predicted octanol–water partition coefficient (Wildman–Crippen LogP) is 4.52. The van der Waals surface area contributed by atoms with Crippen molar-refractivity contribution in [2.45, 2.75) is 19.9 Å². The van der Waals surface area contributed by atoms with Gasteiger partial charge in [0.25, 0.3) is 0 Å². The molecule has 20 heavy (non-hydrogen) atoms. The molecule has 4 nitrogen and oxygen atoms in total. The van der Waals surface area contributed by atoms with Gasteiger partial charge in [-0.05, 0) is 35.0 Å². The van der Waals surface area contributed by atoms with Gasteiger partial charge in [-0.2, -0.15) is 4.98 Å². The number of nitrogens with one attached hydrogen (secondary N) is 1. The van der Waals surface area contributed by atoms with Crippen molar-refractivity contribution in [3.63, 3.8) is 0 Å². The standard InChI is InChI=1S/C13H13BrClFN2O2/c1-2-3-17-6-8-7-19-13(18-8)20-12-5-11(16)10(15)4-9(12)14/h4-5,7,17H,2-3,6H2,1H3. The summed E-state index contributed by atoms with van der Waals surface area (Å²) >= 11 is 8.90. The van der Waals surface area contributed by atoms with Gasteiger partial charge in [-0.25, -0.2) is 4.39 Å². The summed E-state index contributed by atoms with van der Waals surface area (Å²) in [7, 11) is 0. The molecular formula is C13H13BrClFN2O2. The number of ether oxygens (including phenoxy) is 1. The second-order valence-electron chi connectivity index (χ2n) is 4.08. The highest BCUT2D eigenvalue weighted by atomic mass is 79.9. The van der Waals surface area contributed by atoms with Gasteiger partial charge in [0.2, 0.25) is 0 Å². The van der Waals surface area contributed by atoms with E-state index in [-0.39, 0.29) is 16.8 Å². The van der Waals surface area contributed by atoms with Crippen LogP contribution in [0.1, 0.15) is 19.0 Å². The molecule has 0 spiro atoms. The molecule has 1 aromatic carbocycles. The van der Waals surface area contributed by atoms with E-state index in [9.17, 15) is 4.39 Å². The van der Waals surface area contributed by atoms with E-state index < -0.39 is 5.82 Å². The minimum absolute atomic E-state index is 0.0149. The summed E-state index contributed by atoms with van der Waals surface area (Å²) in [6, 6.07) is 2.59. The van der Waals surface area contributed by atoms with E-state index in [0.29, 0.717) is 11.0 Å². The summed E-state index contributed by atoms with van der Waals surface area (Å²) < 4.78 is 24.5. The van der Waals surface area contributed by atoms with E-state index in [2.05, 4.69) is 33.2 Å². The zero-order chi connectivity index (χ0) is 14.5. The highest BCUT2D eigenvalue weighted by Crippen LogP contribution is 2.33. The van der Waals surface area contributed by atoms with Crippen molar-refractivity contribution < 1.29 is 13.5 Å². The average molecular weight is 364 g/mol. The Kier molecular flexibility index (Phi) is 5.39. The monoisotopic (exact) mass is 362 g/mol. The van der Waals surface area contributed by atoms with Crippen molar-refractivity contribution in [1.82, 2.24) is 10.3 Å². The number of rotatable bonds is 6. The highest BCUT2D eigenvalue weighted by Gasteiger charge is 2.12. The summed E-state index contributed by atoms with van der Waals surface area (Å²) in [6.45, 7) is 3.57. The summed E-state index contributed by atoms with van der Waals surface area (Å²) in [5.74, 6) is -0.317. The van der Waals surface area contributed by atoms with Crippen LogP contribution in [-0.2, 0) is 6.54 Å². The Hall–Kier alpha value is -1.11. The van der Waals surface area contributed by atoms with Gasteiger partial charge in [0.05, 0.1) is 15.2 Å². The van der Waals surface area contributed by atoms with Crippen LogP contribution in [0.25, 0.3) is 0 Å². The molecule has 0 aliphatic heterocycles. The van der Waals surface area contributed by atoms with Crippen molar-refractivity contribution >= 4 is 27.5 Å². The Morgan fingerprint density at radius 1 is 1.50 bits per heavy atom. The zero-order valence-electron chi connectivity index (χ0n) is 10.8. The number of halogens is 3. The molecular weight excluding hydrogens is 351 g/mol. The molecule has 0 aliphatic rings. The first-order valence-corrected chi connectivity index (χ1v) is 7.24. The fraction of sp³-hybridized carbons (Fsp3) is 0.308. The van der Waals surface area contributed by atoms with E-state index in [1.807, 2.05) is 0 Å². The molecule has 108 valence electrons. The van der Waals surface area contributed by atoms with Crippen molar-refractivity contribution in [1.29, 1.82) is 0 Å². The van der Waals surface area contributed by atoms with E-state index in [1.54, 1.807) is 0 Å². The molecule has 2 aromatic rings. The fourth-order valence-electron chi connectivity index (χ4n) is 1.49. The maximum absolute atomic E-state index is 13.4. The molecule has 0 unspecified atom stereocenters. The average Bonchev–Trinajstić information content (AvgIpc) is 2.84. The van der Waals surface area contributed by atoms with E-state index in [0.717, 1.165) is 18.7 Å². The number of oxazole rings is 1. The SMILES string of the molecule is CCCNCc1coc(Oc2cc(F)c(Cl)cc2Br)n1. The Morgan fingerprint density at radius 3 is 3.05 bits per heavy atom. The van der Waals surface area contributed by atoms with Gasteiger partial charge in [0.15, 0.2) is 0 Å². The third-order valence-electron chi connectivity index (χ3n) is 2.44. The first kappa shape index (κ1) is 15.3. The van der Waals surface area contributed by atoms with Crippen molar-refractivity contribution in [3.05, 3.63) is 39.4 Å². The molecule has 0 atom stereocenters. The van der Waals surface area contributed by atoms with Crippen LogP contribution in [0.4, 0.5) is 4.39 Å². The minimum atomic E-state index is -0.568. The lowest BCUT2D eigenvalue weighted by Crippen LogP contribution is -2.13. The Bertz CT molecular complexity index is 592. The number of nitrogens with zero attached hydrogens (tertiary/aromatic N) is 1. The lowest BCUT2D eigenvalue weighted by molar-refractivity contribution is 0.328. The number of hydrogen-bond acceptors (Lipinski definition) is 4. The number of hydrogen-bond donors (Lipinski definition) is 1. The molecule has 0 saturated carbocycles. The van der Waals surface area contributed by atoms with Crippen LogP contribution >= 0.6 is 27.5 Å². The van der Waals surface area contributed by atoms with Gasteiger partial charge >= 0.3 is 6.08 Å². The third kappa shape index (κ3) is 3.94. The molecule has 0 bridgehead atoms. The fourth-order valence-corrected chi connectivity index (χ4v) is 2.21. The number of benzene rings is 1. The summed E-state index contributed by atoms with van der Waals surface area (Å²) in [4.78, 5) is 4.14. The first-order chi connectivity index (χ1) is 9.60. The molecule has 0 radical (unpaired) electrons. The number of aromatic nitrogens is 1. The summed E-state index contributed by atoms with van der Waals surface area (Å²) in [5, 5.41) is 3.21. The summed E-state index contributed by atoms with van der Waals surface area (Å²) in [5.41, 5.74) is 0.721. The van der Waals surface area contributed by atoms with Crippen molar-refractivity contribution in [2.75, 3.05) is 6.54 Å². The van der Waals surface area contributed by atoms with Crippen molar-refractivity contribution in [3.8, 4) is 11.8 Å². The highest BCUT2D eigenvalue weighted by molar-refractivity contribution is 9.10. The largest absolute Gasteiger partial charge is 0.417 e. The van der Waals surface area contributed by atoms with Crippen LogP contribution in [-0.4, -0.2) is 11.5 Å². The van der Waals surface area contributed by atoms with Crippen LogP contribution in [0.5, 0.6) is 11.8 Å². The molecule has 7 heteroatoms. The van der Waals surface area contributed by atoms with Gasteiger partial charge in [-0.15, -0.1) is 0 Å². The van der Waals surface area contributed by atoms with Gasteiger partial charge in [-0.1, -0.05) is 18.5 Å². The van der Waals surface area contributed by atoms with Crippen LogP contribution in [0, 0.1) is 5.82 Å². The van der Waals surface area contributed by atoms with Gasteiger partial charge in [0.1, 0.15) is 17.8 Å². The first-order valence-electron chi connectivity index (χ1n) is 6.07. The predicted molar refractivity (Wildman–Crippen MR) is 77.7 cm³/mol. The van der Waals surface area contributed by atoms with E-state index in [1.165, 1.54) is 18.4 Å². The molecule has 0 fully saturated rings. The minimum Gasteiger partial charge on any atom is -0.417 e. The molecule has 0 amide bonds. The quantitative estimate of drug-likeness (QED) is 0.605. The molecule has 1 aromatic heterocycles. The maximum Gasteiger partial charge on any atom is 0.399 e. The second kappa shape index (κ2) is 7.06. The lowest BCUT2D eigenvalue weighted by Gasteiger charge is -2.04. The smallest absolute Gasteiger partial charge is 0.399 e. The summed E-state index contributed by atoms with van der Waals surface area (Å²) in [6.07, 6.45) is 2.59. The van der Waals surface area contributed by atoms with Gasteiger partial charge in [-0.3, -0.25) is 0 Å². The van der Waals surface area contributed by atoms with E-state index >= 15 is 0 Å². The second-order valence-corrected chi connectivity index (χ2v) is 5.34. The van der Waals surface area contributed by atoms with E-state index in [4.69, 9.17) is 20.8 Å². The Labute approximate surface area is 129 Å². The normalized spacial score (nSPS) is 10.8. The Balaban J connectivity index is 2.05. The van der Waals surface area contributed by atoms with Crippen LogP contribution < -0.4 is 10.1 Å². The molecule has 0 aliphatic carbocycles. The zero-order valence-corrected chi connectivity index (χ0v) is 13.1. The van der Waals surface area contributed by atoms with Crippen molar-refractivity contribution in [2.24, 2.45) is 0 Å². The van der Waals surface area contributed by atoms with Gasteiger partial charge in [0, 0.05) is 12.6 Å².